The number of hydrogen-bond acceptors (Lipinski definition) is 6. The minimum absolute atomic E-state index is 0.0825. The summed E-state index contributed by atoms with van der Waals surface area (Å²) in [5.41, 5.74) is 0. The van der Waals surface area contributed by atoms with Gasteiger partial charge in [-0.05, 0) is 96.3 Å². The van der Waals surface area contributed by atoms with Crippen LogP contribution in [0.3, 0.4) is 0 Å². The Morgan fingerprint density at radius 2 is 0.476 bits per heavy atom. The van der Waals surface area contributed by atoms with Gasteiger partial charge in [-0.25, -0.2) is 0 Å². The van der Waals surface area contributed by atoms with E-state index >= 15 is 0 Å². The Bertz CT molecular complexity index is 1690. The minimum atomic E-state index is -0.788. The van der Waals surface area contributed by atoms with Gasteiger partial charge in [-0.3, -0.25) is 14.4 Å². The zero-order valence-corrected chi connectivity index (χ0v) is 53.7. The third kappa shape index (κ3) is 66.6. The number of allylic oxidation sites excluding steroid dienone is 20. The first-order valence-electron chi connectivity index (χ1n) is 34.5. The molecule has 0 fully saturated rings. The molecule has 0 aromatic heterocycles. The van der Waals surface area contributed by atoms with Crippen molar-refractivity contribution in [2.75, 3.05) is 13.2 Å². The second kappa shape index (κ2) is 69.3. The molecule has 1 atom stereocenters. The number of unbranched alkanes of at least 4 members (excludes halogenated alkanes) is 31. The second-order valence-corrected chi connectivity index (χ2v) is 22.7. The molecule has 0 saturated carbocycles. The number of carbonyl (C=O) groups excluding carboxylic acids is 3. The van der Waals surface area contributed by atoms with Crippen molar-refractivity contribution in [1.82, 2.24) is 0 Å². The van der Waals surface area contributed by atoms with E-state index in [9.17, 15) is 14.4 Å². The van der Waals surface area contributed by atoms with Crippen LogP contribution in [0, 0.1) is 0 Å². The molecule has 0 saturated heterocycles. The van der Waals surface area contributed by atoms with Gasteiger partial charge in [0.25, 0.3) is 0 Å². The Balaban J connectivity index is 4.30. The second-order valence-electron chi connectivity index (χ2n) is 22.7. The molecule has 6 nitrogen and oxygen atoms in total. The van der Waals surface area contributed by atoms with E-state index in [-0.39, 0.29) is 31.1 Å². The van der Waals surface area contributed by atoms with Crippen LogP contribution in [0.25, 0.3) is 0 Å². The maximum Gasteiger partial charge on any atom is 0.306 e. The molecule has 0 aromatic carbocycles. The van der Waals surface area contributed by atoms with Gasteiger partial charge >= 0.3 is 17.9 Å². The van der Waals surface area contributed by atoms with Crippen molar-refractivity contribution < 1.29 is 28.6 Å². The quantitative estimate of drug-likeness (QED) is 0.0261. The van der Waals surface area contributed by atoms with Crippen LogP contribution in [0.2, 0.25) is 0 Å². The average molecular weight is 1140 g/mol. The summed E-state index contributed by atoms with van der Waals surface area (Å²) in [5.74, 6) is -0.896. The van der Waals surface area contributed by atoms with E-state index in [1.54, 1.807) is 0 Å². The van der Waals surface area contributed by atoms with Crippen molar-refractivity contribution in [2.45, 2.75) is 329 Å². The number of rotatable bonds is 62. The van der Waals surface area contributed by atoms with Gasteiger partial charge in [-0.15, -0.1) is 0 Å². The average Bonchev–Trinajstić information content (AvgIpc) is 3.48. The summed E-state index contributed by atoms with van der Waals surface area (Å²) in [6.07, 6.45) is 96.4. The van der Waals surface area contributed by atoms with Crippen molar-refractivity contribution in [2.24, 2.45) is 0 Å². The molecule has 1 unspecified atom stereocenters. The third-order valence-electron chi connectivity index (χ3n) is 14.7. The molecule has 0 bridgehead atoms. The molecule has 0 aliphatic heterocycles. The van der Waals surface area contributed by atoms with Crippen LogP contribution < -0.4 is 0 Å². The molecule has 0 heterocycles. The van der Waals surface area contributed by atoms with E-state index in [2.05, 4.69) is 142 Å². The normalized spacial score (nSPS) is 12.9. The smallest absolute Gasteiger partial charge is 0.306 e. The molecule has 0 N–H and O–H groups in total. The first-order valence-corrected chi connectivity index (χ1v) is 34.5. The molecule has 0 radical (unpaired) electrons. The summed E-state index contributed by atoms with van der Waals surface area (Å²) in [7, 11) is 0. The lowest BCUT2D eigenvalue weighted by atomic mass is 10.0. The summed E-state index contributed by atoms with van der Waals surface area (Å²) in [4.78, 5) is 38.3. The fourth-order valence-electron chi connectivity index (χ4n) is 9.59. The van der Waals surface area contributed by atoms with Crippen LogP contribution in [-0.4, -0.2) is 37.2 Å². The van der Waals surface area contributed by atoms with Crippen LogP contribution in [0.5, 0.6) is 0 Å². The van der Waals surface area contributed by atoms with Crippen LogP contribution in [0.15, 0.2) is 122 Å². The highest BCUT2D eigenvalue weighted by Gasteiger charge is 2.19. The van der Waals surface area contributed by atoms with Gasteiger partial charge in [-0.1, -0.05) is 328 Å². The molecule has 0 aliphatic rings. The summed E-state index contributed by atoms with van der Waals surface area (Å²) in [6, 6.07) is 0. The summed E-state index contributed by atoms with van der Waals surface area (Å²) in [5, 5.41) is 0. The Morgan fingerprint density at radius 3 is 0.744 bits per heavy atom. The van der Waals surface area contributed by atoms with E-state index in [4.69, 9.17) is 14.2 Å². The van der Waals surface area contributed by atoms with Gasteiger partial charge in [0.15, 0.2) is 6.10 Å². The van der Waals surface area contributed by atoms with Gasteiger partial charge in [-0.2, -0.15) is 0 Å². The van der Waals surface area contributed by atoms with Gasteiger partial charge in [0.05, 0.1) is 0 Å². The van der Waals surface area contributed by atoms with E-state index in [0.717, 1.165) is 135 Å². The first-order chi connectivity index (χ1) is 40.5. The van der Waals surface area contributed by atoms with Crippen molar-refractivity contribution in [1.29, 1.82) is 0 Å². The highest BCUT2D eigenvalue weighted by molar-refractivity contribution is 5.71. The molecule has 0 spiro atoms. The topological polar surface area (TPSA) is 78.9 Å². The van der Waals surface area contributed by atoms with Gasteiger partial charge in [0, 0.05) is 19.3 Å². The number of hydrogen-bond donors (Lipinski definition) is 0. The van der Waals surface area contributed by atoms with Gasteiger partial charge in [0.1, 0.15) is 13.2 Å². The first kappa shape index (κ1) is 77.8. The lowest BCUT2D eigenvalue weighted by Crippen LogP contribution is -2.30. The van der Waals surface area contributed by atoms with Gasteiger partial charge in [0.2, 0.25) is 0 Å². The van der Waals surface area contributed by atoms with Crippen molar-refractivity contribution >= 4 is 17.9 Å². The predicted molar refractivity (Wildman–Crippen MR) is 357 cm³/mol. The maximum absolute atomic E-state index is 12.9. The van der Waals surface area contributed by atoms with E-state index < -0.39 is 6.10 Å². The van der Waals surface area contributed by atoms with Crippen LogP contribution in [0.1, 0.15) is 323 Å². The lowest BCUT2D eigenvalue weighted by molar-refractivity contribution is -0.167. The Morgan fingerprint density at radius 1 is 0.256 bits per heavy atom. The summed E-state index contributed by atoms with van der Waals surface area (Å²) >= 11 is 0. The highest BCUT2D eigenvalue weighted by Crippen LogP contribution is 2.17. The summed E-state index contributed by atoms with van der Waals surface area (Å²) < 4.78 is 16.9. The zero-order chi connectivity index (χ0) is 59.2. The Labute approximate surface area is 507 Å². The summed E-state index contributed by atoms with van der Waals surface area (Å²) in [6.45, 7) is 6.54. The molecule has 0 rings (SSSR count). The fourth-order valence-corrected chi connectivity index (χ4v) is 9.59. The molecule has 0 amide bonds. The van der Waals surface area contributed by atoms with Crippen LogP contribution in [-0.2, 0) is 28.6 Å². The van der Waals surface area contributed by atoms with Crippen molar-refractivity contribution in [3.8, 4) is 0 Å². The Kier molecular flexibility index (Phi) is 65.8. The number of esters is 3. The fraction of sp³-hybridized carbons (Fsp3) is 0.697. The zero-order valence-electron chi connectivity index (χ0n) is 53.7. The third-order valence-corrected chi connectivity index (χ3v) is 14.7. The van der Waals surface area contributed by atoms with Crippen molar-refractivity contribution in [3.05, 3.63) is 122 Å². The number of ether oxygens (including phenoxy) is 3. The van der Waals surface area contributed by atoms with Gasteiger partial charge < -0.3 is 14.2 Å². The van der Waals surface area contributed by atoms with Crippen molar-refractivity contribution in [3.63, 3.8) is 0 Å². The lowest BCUT2D eigenvalue weighted by Gasteiger charge is -2.18. The SMILES string of the molecule is CC/C=C\C/C=C\C/C=C\C/C=C\C/C=C\C/C=C\C/C=C\C/C=C\C/C=C\C/C=C\CCCCCCC(=O)OCC(COC(=O)CCCCCCCCCCCCCCCC)OC(=O)CCCCCCCCCCCCCCCCC. The minimum Gasteiger partial charge on any atom is -0.462 e. The number of carbonyl (C=O) groups is 3. The largest absolute Gasteiger partial charge is 0.462 e. The molecule has 0 aliphatic carbocycles. The molecular weight excluding hydrogens is 1010 g/mol. The van der Waals surface area contributed by atoms with E-state index in [1.165, 1.54) is 148 Å². The highest BCUT2D eigenvalue weighted by atomic mass is 16.6. The van der Waals surface area contributed by atoms with Crippen LogP contribution in [0.4, 0.5) is 0 Å². The van der Waals surface area contributed by atoms with Crippen LogP contribution >= 0.6 is 0 Å². The maximum atomic E-state index is 12.9. The standard InChI is InChI=1S/C76H128O6/c1-4-7-10-13-16-19-22-25-28-29-30-31-32-33-34-35-36-37-38-39-40-41-42-43-44-45-46-47-49-51-54-57-60-63-66-69-75(78)81-72-73(71-80-74(77)68-65-62-59-56-53-50-27-24-21-18-15-12-9-6-3)82-76(79)70-67-64-61-58-55-52-48-26-23-20-17-14-11-8-5-2/h7,10,16,19,25,28,30-31,33-34,36-37,39-40,42-43,45-46,49,51,73H,4-6,8-9,11-15,17-18,20-24,26-27,29,32,35,38,41,44,47-48,50,52-72H2,1-3H3/b10-7-,19-16-,28-25-,31-30-,34-33-,37-36-,40-39-,43-42-,46-45-,51-49-. The molecule has 0 aromatic rings. The molecule has 468 valence electrons. The predicted octanol–water partition coefficient (Wildman–Crippen LogP) is 23.9. The van der Waals surface area contributed by atoms with E-state index in [1.807, 2.05) is 0 Å². The monoisotopic (exact) mass is 1140 g/mol. The molecular formula is C76H128O6. The molecule has 6 heteroatoms. The Hall–Kier alpha value is -4.19. The van der Waals surface area contributed by atoms with E-state index in [0.29, 0.717) is 19.3 Å². The molecule has 82 heavy (non-hydrogen) atoms.